The monoisotopic (exact) mass is 1140 g/mol. The molecular formula is C49H94N18O13. The molecule has 2 saturated heterocycles. The molecule has 3 heterocycles. The van der Waals surface area contributed by atoms with Crippen molar-refractivity contribution in [2.75, 3.05) is 52.4 Å². The van der Waals surface area contributed by atoms with Crippen LogP contribution in [0.2, 0.25) is 0 Å². The lowest BCUT2D eigenvalue weighted by molar-refractivity contribution is -0.198. The van der Waals surface area contributed by atoms with Gasteiger partial charge in [-0.05, 0) is 83.6 Å². The summed E-state index contributed by atoms with van der Waals surface area (Å²) in [4.78, 5) is 103. The number of aliphatic imine (C=N–C) groups is 1. The van der Waals surface area contributed by atoms with Crippen LogP contribution in [0.4, 0.5) is 4.79 Å². The van der Waals surface area contributed by atoms with Crippen molar-refractivity contribution >= 4 is 53.4 Å². The van der Waals surface area contributed by atoms with E-state index in [0.717, 1.165) is 6.42 Å². The molecule has 28 N–H and O–H groups in total. The second-order valence-corrected chi connectivity index (χ2v) is 21.0. The molecule has 0 spiro atoms. The maximum absolute atomic E-state index is 13.2. The second kappa shape index (κ2) is 37.4. The molecule has 31 nitrogen and oxygen atoms in total. The fourth-order valence-electron chi connectivity index (χ4n) is 9.32. The summed E-state index contributed by atoms with van der Waals surface area (Å²) in [6, 6.07) is -5.56. The Kier molecular flexibility index (Phi) is 32.1. The first-order valence-corrected chi connectivity index (χ1v) is 27.9. The van der Waals surface area contributed by atoms with Crippen LogP contribution in [0, 0.1) is 0 Å². The van der Waals surface area contributed by atoms with Crippen LogP contribution in [0.5, 0.6) is 0 Å². The van der Waals surface area contributed by atoms with E-state index >= 15 is 0 Å². The topological polar surface area (TPSA) is 544 Å². The van der Waals surface area contributed by atoms with Crippen molar-refractivity contribution in [2.45, 2.75) is 201 Å². The van der Waals surface area contributed by atoms with Gasteiger partial charge in [-0.3, -0.25) is 33.6 Å². The van der Waals surface area contributed by atoms with Crippen LogP contribution in [0.15, 0.2) is 4.99 Å². The lowest BCUT2D eigenvalue weighted by atomic mass is 9.95. The van der Waals surface area contributed by atoms with E-state index in [1.165, 1.54) is 0 Å². The number of aliphatic hydroxyl groups is 3. The molecule has 0 saturated carbocycles. The summed E-state index contributed by atoms with van der Waals surface area (Å²) < 4.78 is 10.9. The predicted molar refractivity (Wildman–Crippen MR) is 294 cm³/mol. The normalized spacial score (nSPS) is 23.7. The molecule has 0 aromatic heterocycles. The number of amides is 8. The Morgan fingerprint density at radius 3 is 1.34 bits per heavy atom. The average molecular weight is 1140 g/mol. The first-order chi connectivity index (χ1) is 38.1. The minimum Gasteiger partial charge on any atom is -0.441 e. The highest BCUT2D eigenvalue weighted by atomic mass is 16.6. The molecule has 8 amide bonds. The van der Waals surface area contributed by atoms with Crippen molar-refractivity contribution < 1.29 is 63.1 Å². The molecule has 458 valence electrons. The number of fused-ring (bicyclic) bond motifs is 1. The lowest BCUT2D eigenvalue weighted by Gasteiger charge is -2.44. The fourth-order valence-corrected chi connectivity index (χ4v) is 9.32. The molecule has 14 unspecified atom stereocenters. The zero-order valence-electron chi connectivity index (χ0n) is 46.0. The molecular weight excluding hydrogens is 1050 g/mol. The highest BCUT2D eigenvalue weighted by Crippen LogP contribution is 2.24. The number of primary amides is 1. The first kappa shape index (κ1) is 68.7. The van der Waals surface area contributed by atoms with Gasteiger partial charge in [0.1, 0.15) is 18.2 Å². The van der Waals surface area contributed by atoms with Crippen LogP contribution in [0.3, 0.4) is 0 Å². The smallest absolute Gasteiger partial charge is 0.404 e. The van der Waals surface area contributed by atoms with Crippen LogP contribution in [0.1, 0.15) is 116 Å². The predicted octanol–water partition coefficient (Wildman–Crippen LogP) is -7.68. The Morgan fingerprint density at radius 2 is 0.988 bits per heavy atom. The van der Waals surface area contributed by atoms with E-state index in [0.29, 0.717) is 103 Å². The molecule has 3 aliphatic rings. The summed E-state index contributed by atoms with van der Waals surface area (Å²) in [5.74, 6) is -2.05. The van der Waals surface area contributed by atoms with Gasteiger partial charge in [0.25, 0.3) is 0 Å². The number of carbonyl (C=O) groups is 8. The highest BCUT2D eigenvalue weighted by molar-refractivity contribution is 5.93. The molecule has 14 atom stereocenters. The van der Waals surface area contributed by atoms with Crippen LogP contribution in [-0.4, -0.2) is 206 Å². The summed E-state index contributed by atoms with van der Waals surface area (Å²) in [5, 5.41) is 56.6. The standard InChI is InChI=1S/C49H94N18O13/c50-13-1-7-27(51)19-35(70)58-14-2-8-28(52)20-36(71)59-15-3-9-29(53)21-37(72)60-16-4-10-30(54)22-38(73)61-17-5-11-31(55)23-39(74)62-18-6-12-32(56)24-40(75)64-43-44(76)45(80-48(57)78)34(26-68)79-47(43)67-49-65-41-33(69)25-63-46(77)42(41)66-49/h27-34,41-45,47,68-69,76H,1-26,50-56H2,(H2,57,78)(H,58,70)(H,59,71)(H,60,72)(H,61,73)(H,62,74)(H,63,77)(H,64,75)(H2,65,66,67). The number of β-amino-alcohol motifs (C(OH)–C–C–N with tert-alkyl or cyclic N) is 1. The summed E-state index contributed by atoms with van der Waals surface area (Å²) in [6.45, 7) is 1.64. The van der Waals surface area contributed by atoms with E-state index in [2.05, 4.69) is 52.8 Å². The molecule has 2 fully saturated rings. The molecule has 0 aromatic rings. The second-order valence-electron chi connectivity index (χ2n) is 21.0. The van der Waals surface area contributed by atoms with Crippen LogP contribution in [-0.2, 0) is 43.0 Å². The van der Waals surface area contributed by atoms with E-state index in [-0.39, 0.29) is 105 Å². The molecule has 3 rings (SSSR count). The zero-order valence-corrected chi connectivity index (χ0v) is 46.0. The van der Waals surface area contributed by atoms with Crippen molar-refractivity contribution in [1.29, 1.82) is 0 Å². The highest BCUT2D eigenvalue weighted by Gasteiger charge is 2.50. The Bertz CT molecular complexity index is 1980. The van der Waals surface area contributed by atoms with Gasteiger partial charge in [-0.2, -0.15) is 0 Å². The fraction of sp³-hybridized carbons (Fsp3) is 0.816. The molecule has 31 heteroatoms. The van der Waals surface area contributed by atoms with Crippen molar-refractivity contribution in [3.63, 3.8) is 0 Å². The van der Waals surface area contributed by atoms with Gasteiger partial charge in [0.15, 0.2) is 24.3 Å². The van der Waals surface area contributed by atoms with Gasteiger partial charge in [0.2, 0.25) is 41.4 Å². The maximum atomic E-state index is 13.2. The van der Waals surface area contributed by atoms with E-state index in [1.54, 1.807) is 0 Å². The molecule has 0 aromatic carbocycles. The molecule has 80 heavy (non-hydrogen) atoms. The SMILES string of the molecule is NCCCC(N)CC(=O)NCCCC(N)CC(=O)NCCCC(N)CC(=O)NCCCC(N)CC(=O)NCCCC(N)CC(=O)NCCCC(N)CC(=O)NC1C(NC2=NC3C(=O)NCC(O)C3N2)OC(CO)C(OC(N)=O)C1O. The number of ether oxygens (including phenoxy) is 2. The quantitative estimate of drug-likeness (QED) is 0.0254. The van der Waals surface area contributed by atoms with Crippen molar-refractivity contribution in [3.05, 3.63) is 0 Å². The Balaban J connectivity index is 1.20. The van der Waals surface area contributed by atoms with Crippen LogP contribution >= 0.6 is 0 Å². The number of nitrogens with one attached hydrogen (secondary N) is 9. The van der Waals surface area contributed by atoms with Gasteiger partial charge in [-0.15, -0.1) is 0 Å². The molecule has 0 radical (unpaired) electrons. The van der Waals surface area contributed by atoms with E-state index < -0.39 is 91.4 Å². The third-order valence-corrected chi connectivity index (χ3v) is 13.7. The number of nitrogens with zero attached hydrogens (tertiary/aromatic N) is 1. The van der Waals surface area contributed by atoms with E-state index in [4.69, 9.17) is 55.3 Å². The third-order valence-electron chi connectivity index (χ3n) is 13.7. The minimum atomic E-state index is -1.65. The number of aliphatic hydroxyl groups excluding tert-OH is 3. The Labute approximate surface area is 467 Å². The summed E-state index contributed by atoms with van der Waals surface area (Å²) in [7, 11) is 0. The Hall–Kier alpha value is -5.61. The lowest BCUT2D eigenvalue weighted by Crippen LogP contribution is -2.70. The van der Waals surface area contributed by atoms with E-state index in [1.807, 2.05) is 0 Å². The summed E-state index contributed by atoms with van der Waals surface area (Å²) >= 11 is 0. The maximum Gasteiger partial charge on any atom is 0.404 e. The van der Waals surface area contributed by atoms with E-state index in [9.17, 15) is 53.7 Å². The van der Waals surface area contributed by atoms with Gasteiger partial charge < -0.3 is 119 Å². The van der Waals surface area contributed by atoms with Gasteiger partial charge in [0.05, 0.1) is 18.8 Å². The number of guanidine groups is 1. The van der Waals surface area contributed by atoms with Crippen LogP contribution in [0.25, 0.3) is 0 Å². The van der Waals surface area contributed by atoms with Gasteiger partial charge in [-0.1, -0.05) is 0 Å². The summed E-state index contributed by atoms with van der Waals surface area (Å²) in [6.07, 6.45) is -0.906. The summed E-state index contributed by atoms with van der Waals surface area (Å²) in [5.41, 5.74) is 47.4. The molecule has 3 aliphatic heterocycles. The number of rotatable bonds is 39. The zero-order chi connectivity index (χ0) is 59.1. The number of hydrogen-bond acceptors (Lipinski definition) is 23. The Morgan fingerprint density at radius 1 is 0.613 bits per heavy atom. The number of carbonyl (C=O) groups excluding carboxylic acids is 8. The van der Waals surface area contributed by atoms with Crippen LogP contribution < -0.4 is 93.7 Å². The van der Waals surface area contributed by atoms with Gasteiger partial charge in [0, 0.05) is 114 Å². The number of piperidine rings is 1. The van der Waals surface area contributed by atoms with Crippen molar-refractivity contribution in [2.24, 2.45) is 50.9 Å². The minimum absolute atomic E-state index is 0.000522. The average Bonchev–Trinajstić information content (AvgIpc) is 3.98. The largest absolute Gasteiger partial charge is 0.441 e. The van der Waals surface area contributed by atoms with Gasteiger partial charge >= 0.3 is 6.09 Å². The molecule has 0 bridgehead atoms. The van der Waals surface area contributed by atoms with Crippen molar-refractivity contribution in [3.8, 4) is 0 Å². The van der Waals surface area contributed by atoms with Gasteiger partial charge in [-0.25, -0.2) is 9.79 Å². The number of nitrogens with two attached hydrogens (primary N) is 8. The number of hydrogen-bond donors (Lipinski definition) is 20. The molecule has 0 aliphatic carbocycles. The van der Waals surface area contributed by atoms with Crippen molar-refractivity contribution in [1.82, 2.24) is 47.9 Å². The first-order valence-electron chi connectivity index (χ1n) is 27.9. The third kappa shape index (κ3) is 27.2.